The normalized spacial score (nSPS) is 19.1. The lowest BCUT2D eigenvalue weighted by molar-refractivity contribution is -0.124. The molecular formula is C24H27N3O3. The fraction of sp³-hybridized carbons (Fsp3) is 0.417. The number of benzene rings is 2. The van der Waals surface area contributed by atoms with Crippen molar-refractivity contribution >= 4 is 17.0 Å². The Morgan fingerprint density at radius 1 is 1.13 bits per heavy atom. The van der Waals surface area contributed by atoms with E-state index in [0.29, 0.717) is 5.58 Å². The highest BCUT2D eigenvalue weighted by molar-refractivity contribution is 5.92. The average Bonchev–Trinajstić information content (AvgIpc) is 3.33. The summed E-state index contributed by atoms with van der Waals surface area (Å²) in [5.41, 5.74) is 2.87. The molecule has 2 fully saturated rings. The number of nitrogens with one attached hydrogen (secondary N) is 1. The number of hydrogen-bond donors (Lipinski definition) is 1. The van der Waals surface area contributed by atoms with Gasteiger partial charge in [0.1, 0.15) is 0 Å². The highest BCUT2D eigenvalue weighted by Gasteiger charge is 2.52. The monoisotopic (exact) mass is 405 g/mol. The highest BCUT2D eigenvalue weighted by Crippen LogP contribution is 2.49. The molecule has 1 aromatic heterocycles. The van der Waals surface area contributed by atoms with Crippen LogP contribution in [0.1, 0.15) is 42.9 Å². The van der Waals surface area contributed by atoms with E-state index in [0.717, 1.165) is 49.1 Å². The highest BCUT2D eigenvalue weighted by atomic mass is 16.4. The molecule has 156 valence electrons. The van der Waals surface area contributed by atoms with Gasteiger partial charge >= 0.3 is 5.76 Å². The van der Waals surface area contributed by atoms with Crippen LogP contribution in [-0.2, 0) is 17.3 Å². The first-order valence-corrected chi connectivity index (χ1v) is 10.8. The molecule has 1 saturated heterocycles. The molecule has 2 heterocycles. The van der Waals surface area contributed by atoms with Crippen LogP contribution in [0.5, 0.6) is 0 Å². The Hall–Kier alpha value is -2.86. The minimum atomic E-state index is -0.514. The zero-order valence-corrected chi connectivity index (χ0v) is 17.3. The summed E-state index contributed by atoms with van der Waals surface area (Å²) in [6.45, 7) is 3.02. The summed E-state index contributed by atoms with van der Waals surface area (Å²) in [5, 5.41) is 3.36. The summed E-state index contributed by atoms with van der Waals surface area (Å²) in [4.78, 5) is 27.8. The summed E-state index contributed by atoms with van der Waals surface area (Å²) >= 11 is 0. The summed E-state index contributed by atoms with van der Waals surface area (Å²) < 4.78 is 6.74. The molecule has 3 aromatic rings. The quantitative estimate of drug-likeness (QED) is 0.684. The van der Waals surface area contributed by atoms with Gasteiger partial charge in [0.05, 0.1) is 17.0 Å². The maximum atomic E-state index is 13.5. The topological polar surface area (TPSA) is 67.5 Å². The fourth-order valence-electron chi connectivity index (χ4n) is 4.64. The summed E-state index contributed by atoms with van der Waals surface area (Å²) in [5.74, 6) is -0.311. The Bertz CT molecular complexity index is 1120. The molecule has 0 radical (unpaired) electrons. The van der Waals surface area contributed by atoms with E-state index in [1.54, 1.807) is 13.1 Å². The number of aromatic nitrogens is 1. The zero-order valence-electron chi connectivity index (χ0n) is 17.3. The Kier molecular flexibility index (Phi) is 4.74. The molecule has 30 heavy (non-hydrogen) atoms. The Labute approximate surface area is 175 Å². The molecule has 0 unspecified atom stereocenters. The van der Waals surface area contributed by atoms with Gasteiger partial charge in [-0.15, -0.1) is 0 Å². The molecule has 5 rings (SSSR count). The van der Waals surface area contributed by atoms with E-state index in [1.807, 2.05) is 30.3 Å². The molecule has 1 aliphatic carbocycles. The predicted octanol–water partition coefficient (Wildman–Crippen LogP) is 3.12. The number of carbonyl (C=O) groups excluding carboxylic acids is 1. The second-order valence-electron chi connectivity index (χ2n) is 8.64. The minimum absolute atomic E-state index is 0.0312. The predicted molar refractivity (Wildman–Crippen MR) is 115 cm³/mol. The van der Waals surface area contributed by atoms with Crippen molar-refractivity contribution in [3.63, 3.8) is 0 Å². The number of fused-ring (bicyclic) bond motifs is 1. The van der Waals surface area contributed by atoms with Gasteiger partial charge in [0.25, 0.3) is 0 Å². The van der Waals surface area contributed by atoms with E-state index >= 15 is 0 Å². The molecule has 1 aliphatic heterocycles. The maximum Gasteiger partial charge on any atom is 0.419 e. The van der Waals surface area contributed by atoms with Gasteiger partial charge < -0.3 is 14.6 Å². The van der Waals surface area contributed by atoms with Crippen molar-refractivity contribution in [2.75, 3.05) is 19.6 Å². The molecule has 0 spiro atoms. The van der Waals surface area contributed by atoms with Crippen LogP contribution in [0.4, 0.5) is 0 Å². The van der Waals surface area contributed by atoms with E-state index in [-0.39, 0.29) is 17.7 Å². The van der Waals surface area contributed by atoms with Crippen molar-refractivity contribution in [2.45, 2.75) is 37.1 Å². The summed E-state index contributed by atoms with van der Waals surface area (Å²) in [6.07, 6.45) is 4.09. The molecular weight excluding hydrogens is 378 g/mol. The fourth-order valence-corrected chi connectivity index (χ4v) is 4.64. The largest absolute Gasteiger partial charge is 0.419 e. The van der Waals surface area contributed by atoms with Crippen LogP contribution in [0.2, 0.25) is 0 Å². The molecule has 2 aromatic carbocycles. The van der Waals surface area contributed by atoms with Crippen molar-refractivity contribution in [1.82, 2.24) is 14.8 Å². The van der Waals surface area contributed by atoms with Gasteiger partial charge in [-0.2, -0.15) is 0 Å². The molecule has 1 N–H and O–H groups in total. The first-order chi connectivity index (χ1) is 14.6. The number of oxazole rings is 1. The molecule has 1 amide bonds. The minimum Gasteiger partial charge on any atom is -0.408 e. The smallest absolute Gasteiger partial charge is 0.408 e. The number of amides is 1. The van der Waals surface area contributed by atoms with Crippen LogP contribution in [0.25, 0.3) is 11.1 Å². The molecule has 1 atom stereocenters. The van der Waals surface area contributed by atoms with Gasteiger partial charge in [-0.1, -0.05) is 36.4 Å². The molecule has 6 nitrogen and oxygen atoms in total. The van der Waals surface area contributed by atoms with Crippen LogP contribution in [0.3, 0.4) is 0 Å². The van der Waals surface area contributed by atoms with Gasteiger partial charge in [0.15, 0.2) is 5.58 Å². The van der Waals surface area contributed by atoms with E-state index in [2.05, 4.69) is 22.3 Å². The number of aryl methyl sites for hydroxylation is 1. The molecule has 1 saturated carbocycles. The lowest BCUT2D eigenvalue weighted by atomic mass is 9.93. The van der Waals surface area contributed by atoms with Crippen LogP contribution >= 0.6 is 0 Å². The van der Waals surface area contributed by atoms with Crippen molar-refractivity contribution in [2.24, 2.45) is 7.05 Å². The third kappa shape index (κ3) is 3.35. The van der Waals surface area contributed by atoms with Crippen LogP contribution in [0, 0.1) is 0 Å². The lowest BCUT2D eigenvalue weighted by Crippen LogP contribution is -2.41. The summed E-state index contributed by atoms with van der Waals surface area (Å²) in [6, 6.07) is 15.9. The molecule has 6 heteroatoms. The SMILES string of the molecule is Cn1c(=O)oc2ccc(C3(C(=O)N[C@H](CN4CCCC4)c4ccccc4)CC3)cc21. The number of hydrogen-bond acceptors (Lipinski definition) is 4. The van der Waals surface area contributed by atoms with Gasteiger partial charge in [-0.3, -0.25) is 9.36 Å². The maximum absolute atomic E-state index is 13.5. The third-order valence-corrected chi connectivity index (χ3v) is 6.68. The first kappa shape index (κ1) is 19.1. The Morgan fingerprint density at radius 2 is 1.87 bits per heavy atom. The second-order valence-corrected chi connectivity index (χ2v) is 8.64. The van der Waals surface area contributed by atoms with E-state index in [1.165, 1.54) is 17.4 Å². The number of rotatable bonds is 6. The third-order valence-electron chi connectivity index (χ3n) is 6.68. The van der Waals surface area contributed by atoms with Crippen molar-refractivity contribution in [3.8, 4) is 0 Å². The van der Waals surface area contributed by atoms with E-state index in [9.17, 15) is 9.59 Å². The number of nitrogens with zero attached hydrogens (tertiary/aromatic N) is 2. The van der Waals surface area contributed by atoms with E-state index in [4.69, 9.17) is 4.42 Å². The van der Waals surface area contributed by atoms with Crippen molar-refractivity contribution in [3.05, 3.63) is 70.2 Å². The van der Waals surface area contributed by atoms with E-state index < -0.39 is 5.41 Å². The Balaban J connectivity index is 1.42. The van der Waals surface area contributed by atoms with Crippen LogP contribution in [0.15, 0.2) is 57.7 Å². The number of likely N-dealkylation sites (tertiary alicyclic amines) is 1. The first-order valence-electron chi connectivity index (χ1n) is 10.8. The van der Waals surface area contributed by atoms with Crippen molar-refractivity contribution in [1.29, 1.82) is 0 Å². The number of carbonyl (C=O) groups is 1. The van der Waals surface area contributed by atoms with Crippen LogP contribution in [-0.4, -0.2) is 35.0 Å². The van der Waals surface area contributed by atoms with Gasteiger partial charge in [-0.05, 0) is 62.0 Å². The van der Waals surface area contributed by atoms with Crippen LogP contribution < -0.4 is 11.1 Å². The summed E-state index contributed by atoms with van der Waals surface area (Å²) in [7, 11) is 1.69. The van der Waals surface area contributed by atoms with Crippen molar-refractivity contribution < 1.29 is 9.21 Å². The molecule has 2 aliphatic rings. The Morgan fingerprint density at radius 3 is 2.57 bits per heavy atom. The average molecular weight is 405 g/mol. The van der Waals surface area contributed by atoms with Gasteiger partial charge in [-0.25, -0.2) is 4.79 Å². The molecule has 0 bridgehead atoms. The zero-order chi connectivity index (χ0) is 20.7. The van der Waals surface area contributed by atoms with Gasteiger partial charge in [0.2, 0.25) is 5.91 Å². The second kappa shape index (κ2) is 7.43. The standard InChI is InChI=1S/C24H27N3O3/c1-26-20-15-18(9-10-21(20)30-23(26)29)24(11-12-24)22(28)25-19(16-27-13-5-6-14-27)17-7-3-2-4-8-17/h2-4,7-10,15,19H,5-6,11-14,16H2,1H3,(H,25,28)/t19-/m1/s1. The van der Waals surface area contributed by atoms with Gasteiger partial charge in [0, 0.05) is 13.6 Å². The lowest BCUT2D eigenvalue weighted by Gasteiger charge is -2.27.